The maximum absolute atomic E-state index is 12.5. The quantitative estimate of drug-likeness (QED) is 0.655. The van der Waals surface area contributed by atoms with Crippen LogP contribution in [0.4, 0.5) is 5.69 Å². The zero-order valence-electron chi connectivity index (χ0n) is 15.3. The highest BCUT2D eigenvalue weighted by Crippen LogP contribution is 2.15. The minimum Gasteiger partial charge on any atom is -0.378 e. The summed E-state index contributed by atoms with van der Waals surface area (Å²) in [4.78, 5) is 31.0. The minimum absolute atomic E-state index is 0.104. The fourth-order valence-corrected chi connectivity index (χ4v) is 3.07. The molecule has 1 N–H and O–H groups in total. The average molecular weight is 429 g/mol. The first-order valence-electron chi connectivity index (χ1n) is 8.62. The van der Waals surface area contributed by atoms with Gasteiger partial charge in [-0.1, -0.05) is 28.1 Å². The molecule has 1 amide bonds. The van der Waals surface area contributed by atoms with Crippen LogP contribution >= 0.6 is 15.9 Å². The Bertz CT molecular complexity index is 1010. The summed E-state index contributed by atoms with van der Waals surface area (Å²) in [7, 11) is 3.97. The molecule has 0 saturated heterocycles. The van der Waals surface area contributed by atoms with Crippen molar-refractivity contribution >= 4 is 38.4 Å². The van der Waals surface area contributed by atoms with Crippen LogP contribution in [0.15, 0.2) is 58.1 Å². The van der Waals surface area contributed by atoms with E-state index >= 15 is 0 Å². The van der Waals surface area contributed by atoms with Crippen LogP contribution < -0.4 is 15.8 Å². The van der Waals surface area contributed by atoms with Gasteiger partial charge in [-0.3, -0.25) is 14.2 Å². The lowest BCUT2D eigenvalue weighted by Gasteiger charge is -2.13. The first-order chi connectivity index (χ1) is 12.9. The number of hydrogen-bond donors (Lipinski definition) is 1. The number of benzene rings is 2. The lowest BCUT2D eigenvalue weighted by atomic mass is 10.2. The number of amides is 1. The summed E-state index contributed by atoms with van der Waals surface area (Å²) in [6, 6.07) is 13.4. The number of carbonyl (C=O) groups excluding carboxylic acids is 1. The summed E-state index contributed by atoms with van der Waals surface area (Å²) < 4.78 is 2.30. The minimum atomic E-state index is -0.145. The van der Waals surface area contributed by atoms with Crippen LogP contribution in [-0.2, 0) is 17.9 Å². The van der Waals surface area contributed by atoms with Gasteiger partial charge in [-0.15, -0.1) is 0 Å². The topological polar surface area (TPSA) is 67.2 Å². The van der Waals surface area contributed by atoms with Gasteiger partial charge in [0, 0.05) is 43.8 Å². The van der Waals surface area contributed by atoms with E-state index in [0.29, 0.717) is 24.0 Å². The van der Waals surface area contributed by atoms with Crippen molar-refractivity contribution in [2.24, 2.45) is 0 Å². The fourth-order valence-electron chi connectivity index (χ4n) is 2.71. The van der Waals surface area contributed by atoms with Gasteiger partial charge >= 0.3 is 0 Å². The third-order valence-corrected chi connectivity index (χ3v) is 4.80. The Hall–Kier alpha value is -2.67. The number of rotatable bonds is 6. The van der Waals surface area contributed by atoms with Crippen molar-refractivity contribution in [3.8, 4) is 0 Å². The Morgan fingerprint density at radius 3 is 2.63 bits per heavy atom. The highest BCUT2D eigenvalue weighted by molar-refractivity contribution is 9.10. The first kappa shape index (κ1) is 19.1. The number of hydrogen-bond acceptors (Lipinski definition) is 4. The Balaban J connectivity index is 1.58. The zero-order chi connectivity index (χ0) is 19.4. The third-order valence-electron chi connectivity index (χ3n) is 4.31. The molecule has 0 saturated carbocycles. The van der Waals surface area contributed by atoms with E-state index in [4.69, 9.17) is 0 Å². The first-order valence-corrected chi connectivity index (χ1v) is 9.41. The number of anilines is 1. The van der Waals surface area contributed by atoms with Crippen LogP contribution in [0.1, 0.15) is 12.0 Å². The molecule has 140 valence electrons. The van der Waals surface area contributed by atoms with Crippen molar-refractivity contribution in [2.75, 3.05) is 19.0 Å². The van der Waals surface area contributed by atoms with Gasteiger partial charge in [0.1, 0.15) is 0 Å². The second-order valence-corrected chi connectivity index (χ2v) is 7.41. The van der Waals surface area contributed by atoms with E-state index in [9.17, 15) is 9.59 Å². The van der Waals surface area contributed by atoms with Gasteiger partial charge in [0.05, 0.1) is 17.2 Å². The van der Waals surface area contributed by atoms with E-state index in [0.717, 1.165) is 15.7 Å². The van der Waals surface area contributed by atoms with E-state index in [2.05, 4.69) is 26.2 Å². The standard InChI is InChI=1S/C20H21BrN4O2/c1-24(2)16-6-3-14(4-7-16)12-22-19(26)9-10-25-13-23-18-8-5-15(21)11-17(18)20(25)27/h3-8,11,13H,9-10,12H2,1-2H3,(H,22,26). The van der Waals surface area contributed by atoms with Gasteiger partial charge in [-0.2, -0.15) is 0 Å². The highest BCUT2D eigenvalue weighted by Gasteiger charge is 2.07. The molecule has 0 aliphatic rings. The number of nitrogens with one attached hydrogen (secondary N) is 1. The molecule has 0 radical (unpaired) electrons. The summed E-state index contributed by atoms with van der Waals surface area (Å²) in [5.74, 6) is -0.104. The van der Waals surface area contributed by atoms with Gasteiger partial charge < -0.3 is 10.2 Å². The van der Waals surface area contributed by atoms with Crippen molar-refractivity contribution in [3.63, 3.8) is 0 Å². The van der Waals surface area contributed by atoms with Crippen LogP contribution in [0, 0.1) is 0 Å². The summed E-state index contributed by atoms with van der Waals surface area (Å²) >= 11 is 3.37. The number of aromatic nitrogens is 2. The zero-order valence-corrected chi connectivity index (χ0v) is 16.9. The Morgan fingerprint density at radius 2 is 1.93 bits per heavy atom. The third kappa shape index (κ3) is 4.74. The molecule has 0 fully saturated rings. The summed E-state index contributed by atoms with van der Waals surface area (Å²) in [6.45, 7) is 0.754. The largest absolute Gasteiger partial charge is 0.378 e. The normalized spacial score (nSPS) is 10.8. The Kier molecular flexibility index (Phi) is 5.91. The second-order valence-electron chi connectivity index (χ2n) is 6.49. The lowest BCUT2D eigenvalue weighted by Crippen LogP contribution is -2.27. The SMILES string of the molecule is CN(C)c1ccc(CNC(=O)CCn2cnc3ccc(Br)cc3c2=O)cc1. The molecule has 6 nitrogen and oxygen atoms in total. The molecular weight excluding hydrogens is 408 g/mol. The molecule has 1 aromatic heterocycles. The number of nitrogens with zero attached hydrogens (tertiary/aromatic N) is 3. The van der Waals surface area contributed by atoms with Crippen molar-refractivity contribution < 1.29 is 4.79 Å². The predicted molar refractivity (Wildman–Crippen MR) is 111 cm³/mol. The predicted octanol–water partition coefficient (Wildman–Crippen LogP) is 2.93. The number of carbonyl (C=O) groups is 1. The molecule has 2 aromatic carbocycles. The lowest BCUT2D eigenvalue weighted by molar-refractivity contribution is -0.121. The Morgan fingerprint density at radius 1 is 1.19 bits per heavy atom. The molecule has 0 unspecified atom stereocenters. The molecule has 1 heterocycles. The molecule has 3 rings (SSSR count). The second kappa shape index (κ2) is 8.35. The van der Waals surface area contributed by atoms with Gasteiger partial charge in [-0.25, -0.2) is 4.98 Å². The monoisotopic (exact) mass is 428 g/mol. The van der Waals surface area contributed by atoms with Crippen LogP contribution in [-0.4, -0.2) is 29.6 Å². The number of aryl methyl sites for hydroxylation is 1. The number of fused-ring (bicyclic) bond motifs is 1. The molecule has 0 bridgehead atoms. The van der Waals surface area contributed by atoms with E-state index in [1.54, 1.807) is 12.1 Å². The van der Waals surface area contributed by atoms with Crippen molar-refractivity contribution in [3.05, 3.63) is 69.2 Å². The summed E-state index contributed by atoms with van der Waals surface area (Å²) in [5.41, 5.74) is 2.64. The van der Waals surface area contributed by atoms with E-state index in [-0.39, 0.29) is 17.9 Å². The Labute approximate surface area is 166 Å². The number of halogens is 1. The van der Waals surface area contributed by atoms with Crippen molar-refractivity contribution in [2.45, 2.75) is 19.5 Å². The van der Waals surface area contributed by atoms with Gasteiger partial charge in [0.25, 0.3) is 5.56 Å². The van der Waals surface area contributed by atoms with Gasteiger partial charge in [0.2, 0.25) is 5.91 Å². The molecule has 7 heteroatoms. The summed E-state index contributed by atoms with van der Waals surface area (Å²) in [6.07, 6.45) is 1.71. The maximum atomic E-state index is 12.5. The molecule has 0 spiro atoms. The van der Waals surface area contributed by atoms with Crippen LogP contribution in [0.2, 0.25) is 0 Å². The van der Waals surface area contributed by atoms with E-state index < -0.39 is 0 Å². The van der Waals surface area contributed by atoms with Crippen molar-refractivity contribution in [1.82, 2.24) is 14.9 Å². The van der Waals surface area contributed by atoms with Gasteiger partial charge in [0.15, 0.2) is 0 Å². The highest BCUT2D eigenvalue weighted by atomic mass is 79.9. The fraction of sp³-hybridized carbons (Fsp3) is 0.250. The van der Waals surface area contributed by atoms with Crippen LogP contribution in [0.5, 0.6) is 0 Å². The van der Waals surface area contributed by atoms with Crippen LogP contribution in [0.25, 0.3) is 10.9 Å². The maximum Gasteiger partial charge on any atom is 0.261 e. The molecular formula is C20H21BrN4O2. The molecule has 27 heavy (non-hydrogen) atoms. The van der Waals surface area contributed by atoms with Crippen molar-refractivity contribution in [1.29, 1.82) is 0 Å². The average Bonchev–Trinajstić information content (AvgIpc) is 2.66. The van der Waals surface area contributed by atoms with Crippen LogP contribution in [0.3, 0.4) is 0 Å². The molecule has 0 aliphatic carbocycles. The molecule has 0 atom stereocenters. The van der Waals surface area contributed by atoms with E-state index in [1.165, 1.54) is 10.9 Å². The molecule has 0 aliphatic heterocycles. The summed E-state index contributed by atoms with van der Waals surface area (Å²) in [5, 5.41) is 3.42. The van der Waals surface area contributed by atoms with Gasteiger partial charge in [-0.05, 0) is 35.9 Å². The van der Waals surface area contributed by atoms with E-state index in [1.807, 2.05) is 49.3 Å². The molecule has 3 aromatic rings. The smallest absolute Gasteiger partial charge is 0.261 e.